The maximum absolute atomic E-state index is 12.0. The fourth-order valence-electron chi connectivity index (χ4n) is 1.90. The molecule has 2 amide bonds. The van der Waals surface area contributed by atoms with Gasteiger partial charge in [0.15, 0.2) is 0 Å². The van der Waals surface area contributed by atoms with E-state index in [9.17, 15) is 4.79 Å². The monoisotopic (exact) mass is 303 g/mol. The van der Waals surface area contributed by atoms with Crippen LogP contribution in [0.1, 0.15) is 18.5 Å². The Balaban J connectivity index is 2.05. The Morgan fingerprint density at radius 3 is 2.57 bits per heavy atom. The van der Waals surface area contributed by atoms with Crippen LogP contribution >= 0.6 is 11.6 Å². The maximum atomic E-state index is 12.0. The zero-order valence-electron chi connectivity index (χ0n) is 12.0. The van der Waals surface area contributed by atoms with Crippen molar-refractivity contribution in [2.75, 3.05) is 17.7 Å². The minimum Gasteiger partial charge on any atom is -0.313 e. The molecule has 0 saturated carbocycles. The van der Waals surface area contributed by atoms with Crippen molar-refractivity contribution >= 4 is 29.0 Å². The molecule has 0 radical (unpaired) electrons. The quantitative estimate of drug-likeness (QED) is 0.790. The number of para-hydroxylation sites is 1. The lowest BCUT2D eigenvalue weighted by Crippen LogP contribution is -2.20. The van der Waals surface area contributed by atoms with Gasteiger partial charge in [-0.05, 0) is 43.8 Å². The Kier molecular flexibility index (Phi) is 5.20. The highest BCUT2D eigenvalue weighted by molar-refractivity contribution is 6.33. The predicted octanol–water partition coefficient (Wildman–Crippen LogP) is 4.26. The molecule has 0 aliphatic heterocycles. The van der Waals surface area contributed by atoms with Gasteiger partial charge in [-0.3, -0.25) is 0 Å². The van der Waals surface area contributed by atoms with E-state index in [-0.39, 0.29) is 12.1 Å². The van der Waals surface area contributed by atoms with Crippen LogP contribution in [0.25, 0.3) is 0 Å². The Labute approximate surface area is 129 Å². The molecule has 4 nitrogen and oxygen atoms in total. The van der Waals surface area contributed by atoms with Crippen LogP contribution in [0.5, 0.6) is 0 Å². The SMILES string of the molecule is CNC(C)c1cccc(NC(=O)Nc2ccccc2Cl)c1. The Bertz CT molecular complexity index is 630. The summed E-state index contributed by atoms with van der Waals surface area (Å²) in [5.74, 6) is 0. The van der Waals surface area contributed by atoms with Crippen LogP contribution in [0.2, 0.25) is 5.02 Å². The zero-order chi connectivity index (χ0) is 15.2. The summed E-state index contributed by atoms with van der Waals surface area (Å²) in [6.45, 7) is 2.06. The number of amides is 2. The molecule has 0 spiro atoms. The predicted molar refractivity (Wildman–Crippen MR) is 88.0 cm³/mol. The van der Waals surface area contributed by atoms with Crippen molar-refractivity contribution in [1.82, 2.24) is 5.32 Å². The lowest BCUT2D eigenvalue weighted by atomic mass is 10.1. The summed E-state index contributed by atoms with van der Waals surface area (Å²) in [7, 11) is 1.90. The Hall–Kier alpha value is -2.04. The van der Waals surface area contributed by atoms with E-state index in [1.807, 2.05) is 43.4 Å². The molecule has 0 aliphatic rings. The third-order valence-corrected chi connectivity index (χ3v) is 3.53. The highest BCUT2D eigenvalue weighted by Crippen LogP contribution is 2.21. The summed E-state index contributed by atoms with van der Waals surface area (Å²) in [4.78, 5) is 12.0. The summed E-state index contributed by atoms with van der Waals surface area (Å²) < 4.78 is 0. The lowest BCUT2D eigenvalue weighted by molar-refractivity contribution is 0.262. The number of halogens is 1. The van der Waals surface area contributed by atoms with Crippen molar-refractivity contribution in [2.24, 2.45) is 0 Å². The number of rotatable bonds is 4. The molecule has 0 saturated heterocycles. The fraction of sp³-hybridized carbons (Fsp3) is 0.188. The van der Waals surface area contributed by atoms with Gasteiger partial charge in [-0.25, -0.2) is 4.79 Å². The molecule has 1 unspecified atom stereocenters. The van der Waals surface area contributed by atoms with E-state index in [2.05, 4.69) is 22.9 Å². The van der Waals surface area contributed by atoms with Gasteiger partial charge < -0.3 is 16.0 Å². The van der Waals surface area contributed by atoms with E-state index in [1.165, 1.54) is 0 Å². The van der Waals surface area contributed by atoms with Gasteiger partial charge in [0.2, 0.25) is 0 Å². The van der Waals surface area contributed by atoms with Crippen molar-refractivity contribution in [1.29, 1.82) is 0 Å². The second-order valence-electron chi connectivity index (χ2n) is 4.69. The van der Waals surface area contributed by atoms with Gasteiger partial charge in [0.05, 0.1) is 10.7 Å². The second-order valence-corrected chi connectivity index (χ2v) is 5.10. The number of benzene rings is 2. The second kappa shape index (κ2) is 7.11. The van der Waals surface area contributed by atoms with Gasteiger partial charge in [-0.1, -0.05) is 35.9 Å². The standard InChI is InChI=1S/C16H18ClN3O/c1-11(18-2)12-6-5-7-13(10-12)19-16(21)20-15-9-4-3-8-14(15)17/h3-11,18H,1-2H3,(H2,19,20,21). The summed E-state index contributed by atoms with van der Waals surface area (Å²) in [6.07, 6.45) is 0. The molecule has 0 aliphatic carbocycles. The molecular formula is C16H18ClN3O. The number of nitrogens with one attached hydrogen (secondary N) is 3. The molecule has 0 aromatic heterocycles. The number of carbonyl (C=O) groups is 1. The topological polar surface area (TPSA) is 53.2 Å². The van der Waals surface area contributed by atoms with E-state index < -0.39 is 0 Å². The lowest BCUT2D eigenvalue weighted by Gasteiger charge is -2.13. The van der Waals surface area contributed by atoms with Gasteiger partial charge >= 0.3 is 6.03 Å². The van der Waals surface area contributed by atoms with Gasteiger partial charge in [0.1, 0.15) is 0 Å². The smallest absolute Gasteiger partial charge is 0.313 e. The Morgan fingerprint density at radius 2 is 1.86 bits per heavy atom. The van der Waals surface area contributed by atoms with Gasteiger partial charge in [0.25, 0.3) is 0 Å². The fourth-order valence-corrected chi connectivity index (χ4v) is 2.08. The van der Waals surface area contributed by atoms with Crippen LogP contribution in [-0.4, -0.2) is 13.1 Å². The van der Waals surface area contributed by atoms with E-state index in [1.54, 1.807) is 12.1 Å². The number of carbonyl (C=O) groups excluding carboxylic acids is 1. The van der Waals surface area contributed by atoms with Crippen molar-refractivity contribution in [3.63, 3.8) is 0 Å². The van der Waals surface area contributed by atoms with Crippen molar-refractivity contribution < 1.29 is 4.79 Å². The first-order chi connectivity index (χ1) is 10.1. The number of urea groups is 1. The molecule has 110 valence electrons. The number of hydrogen-bond acceptors (Lipinski definition) is 2. The molecule has 21 heavy (non-hydrogen) atoms. The van der Waals surface area contributed by atoms with E-state index in [4.69, 9.17) is 11.6 Å². The molecular weight excluding hydrogens is 286 g/mol. The minimum atomic E-state index is -0.322. The van der Waals surface area contributed by atoms with Crippen LogP contribution in [0.4, 0.5) is 16.2 Å². The first kappa shape index (κ1) is 15.4. The third-order valence-electron chi connectivity index (χ3n) is 3.20. The molecule has 3 N–H and O–H groups in total. The summed E-state index contributed by atoms with van der Waals surface area (Å²) in [5.41, 5.74) is 2.42. The van der Waals surface area contributed by atoms with Crippen molar-refractivity contribution in [3.05, 3.63) is 59.1 Å². The molecule has 2 rings (SSSR count). The highest BCUT2D eigenvalue weighted by Gasteiger charge is 2.07. The summed E-state index contributed by atoms with van der Waals surface area (Å²) >= 11 is 6.01. The zero-order valence-corrected chi connectivity index (χ0v) is 12.7. The average Bonchev–Trinajstić information content (AvgIpc) is 2.49. The molecule has 0 bridgehead atoms. The first-order valence-corrected chi connectivity index (χ1v) is 7.07. The molecule has 2 aromatic rings. The number of anilines is 2. The largest absolute Gasteiger partial charge is 0.323 e. The number of hydrogen-bond donors (Lipinski definition) is 3. The van der Waals surface area contributed by atoms with E-state index in [0.717, 1.165) is 11.3 Å². The van der Waals surface area contributed by atoms with Gasteiger partial charge in [-0.15, -0.1) is 0 Å². The molecule has 2 aromatic carbocycles. The molecule has 0 heterocycles. The van der Waals surface area contributed by atoms with Gasteiger partial charge in [-0.2, -0.15) is 0 Å². The molecule has 0 fully saturated rings. The highest BCUT2D eigenvalue weighted by atomic mass is 35.5. The minimum absolute atomic E-state index is 0.221. The van der Waals surface area contributed by atoms with Crippen LogP contribution in [0, 0.1) is 0 Å². The van der Waals surface area contributed by atoms with Crippen molar-refractivity contribution in [3.8, 4) is 0 Å². The van der Waals surface area contributed by atoms with Gasteiger partial charge in [0, 0.05) is 11.7 Å². The average molecular weight is 304 g/mol. The van der Waals surface area contributed by atoms with E-state index >= 15 is 0 Å². The normalized spacial score (nSPS) is 11.8. The van der Waals surface area contributed by atoms with Crippen LogP contribution < -0.4 is 16.0 Å². The molecule has 1 atom stereocenters. The van der Waals surface area contributed by atoms with Crippen LogP contribution in [0.15, 0.2) is 48.5 Å². The van der Waals surface area contributed by atoms with E-state index in [0.29, 0.717) is 10.7 Å². The first-order valence-electron chi connectivity index (χ1n) is 6.70. The van der Waals surface area contributed by atoms with Crippen molar-refractivity contribution in [2.45, 2.75) is 13.0 Å². The van der Waals surface area contributed by atoms with Crippen LogP contribution in [-0.2, 0) is 0 Å². The summed E-state index contributed by atoms with van der Waals surface area (Å²) in [5, 5.41) is 9.19. The van der Waals surface area contributed by atoms with Crippen LogP contribution in [0.3, 0.4) is 0 Å². The summed E-state index contributed by atoms with van der Waals surface area (Å²) in [6, 6.07) is 14.7. The third kappa shape index (κ3) is 4.21. The molecule has 5 heteroatoms. The maximum Gasteiger partial charge on any atom is 0.323 e. The Morgan fingerprint density at radius 1 is 1.10 bits per heavy atom.